The summed E-state index contributed by atoms with van der Waals surface area (Å²) in [5.74, 6) is -2.38. The summed E-state index contributed by atoms with van der Waals surface area (Å²) < 4.78 is 31.7. The van der Waals surface area contributed by atoms with Gasteiger partial charge in [0.1, 0.15) is 28.7 Å². The Balaban J connectivity index is 2.46. The van der Waals surface area contributed by atoms with E-state index in [2.05, 4.69) is 15.0 Å². The molecule has 7 heteroatoms. The molecule has 0 saturated heterocycles. The smallest absolute Gasteiger partial charge is 0.341 e. The van der Waals surface area contributed by atoms with Gasteiger partial charge in [0, 0.05) is 0 Å². The molecule has 0 aliphatic heterocycles. The standard InChI is InChI=1S/C13H11F2N3O2/c1-20-13(19)8-5-7(16)6-17-12(8)18-11-9(14)3-2-4-10(11)15/h2-6H,16H2,1H3,(H,17,18). The van der Waals surface area contributed by atoms with E-state index in [1.54, 1.807) is 0 Å². The second kappa shape index (κ2) is 5.52. The summed E-state index contributed by atoms with van der Waals surface area (Å²) in [6, 6.07) is 4.70. The number of nitrogens with two attached hydrogens (primary N) is 1. The van der Waals surface area contributed by atoms with E-state index in [9.17, 15) is 13.6 Å². The van der Waals surface area contributed by atoms with E-state index < -0.39 is 23.3 Å². The van der Waals surface area contributed by atoms with E-state index in [4.69, 9.17) is 5.73 Å². The summed E-state index contributed by atoms with van der Waals surface area (Å²) in [6.07, 6.45) is 1.26. The topological polar surface area (TPSA) is 77.2 Å². The first kappa shape index (κ1) is 13.7. The van der Waals surface area contributed by atoms with Gasteiger partial charge in [0.25, 0.3) is 0 Å². The van der Waals surface area contributed by atoms with Crippen LogP contribution in [-0.2, 0) is 4.74 Å². The fourth-order valence-electron chi connectivity index (χ4n) is 1.58. The molecule has 104 valence electrons. The maximum absolute atomic E-state index is 13.6. The Hall–Kier alpha value is -2.70. The van der Waals surface area contributed by atoms with E-state index in [0.29, 0.717) is 0 Å². The van der Waals surface area contributed by atoms with Crippen molar-refractivity contribution in [2.75, 3.05) is 18.2 Å². The molecule has 2 aromatic rings. The Morgan fingerprint density at radius 1 is 1.35 bits per heavy atom. The number of halogens is 2. The molecule has 0 atom stereocenters. The highest BCUT2D eigenvalue weighted by atomic mass is 19.1. The molecule has 0 spiro atoms. The number of ether oxygens (including phenoxy) is 1. The quantitative estimate of drug-likeness (QED) is 0.844. The van der Waals surface area contributed by atoms with Gasteiger partial charge >= 0.3 is 5.97 Å². The van der Waals surface area contributed by atoms with Crippen molar-refractivity contribution >= 4 is 23.2 Å². The minimum atomic E-state index is -0.806. The van der Waals surface area contributed by atoms with Crippen LogP contribution in [0.5, 0.6) is 0 Å². The highest BCUT2D eigenvalue weighted by Gasteiger charge is 2.17. The van der Waals surface area contributed by atoms with E-state index >= 15 is 0 Å². The van der Waals surface area contributed by atoms with Gasteiger partial charge in [-0.3, -0.25) is 0 Å². The summed E-state index contributed by atoms with van der Waals surface area (Å²) in [5, 5.41) is 2.43. The number of nitrogens with zero attached hydrogens (tertiary/aromatic N) is 1. The summed E-state index contributed by atoms with van der Waals surface area (Å²) >= 11 is 0. The zero-order chi connectivity index (χ0) is 14.7. The Labute approximate surface area is 113 Å². The van der Waals surface area contributed by atoms with Crippen molar-refractivity contribution in [1.29, 1.82) is 0 Å². The summed E-state index contributed by atoms with van der Waals surface area (Å²) in [4.78, 5) is 15.5. The van der Waals surface area contributed by atoms with Crippen LogP contribution in [0.3, 0.4) is 0 Å². The van der Waals surface area contributed by atoms with E-state index in [0.717, 1.165) is 12.1 Å². The number of methoxy groups -OCH3 is 1. The van der Waals surface area contributed by atoms with Crippen LogP contribution < -0.4 is 11.1 Å². The molecular weight excluding hydrogens is 268 g/mol. The number of esters is 1. The van der Waals surface area contributed by atoms with Crippen LogP contribution in [0.1, 0.15) is 10.4 Å². The molecule has 5 nitrogen and oxygen atoms in total. The molecule has 0 unspecified atom stereocenters. The Bertz CT molecular complexity index is 642. The highest BCUT2D eigenvalue weighted by molar-refractivity contribution is 5.96. The third-order valence-electron chi connectivity index (χ3n) is 2.52. The van der Waals surface area contributed by atoms with Crippen molar-refractivity contribution in [3.05, 3.63) is 47.7 Å². The van der Waals surface area contributed by atoms with Gasteiger partial charge < -0.3 is 15.8 Å². The first-order valence-corrected chi connectivity index (χ1v) is 5.57. The number of para-hydroxylation sites is 1. The molecule has 2 rings (SSSR count). The Morgan fingerprint density at radius 3 is 2.60 bits per heavy atom. The number of carbonyl (C=O) groups is 1. The minimum Gasteiger partial charge on any atom is -0.465 e. The second-order valence-electron chi connectivity index (χ2n) is 3.88. The highest BCUT2D eigenvalue weighted by Crippen LogP contribution is 2.25. The van der Waals surface area contributed by atoms with Crippen molar-refractivity contribution in [2.45, 2.75) is 0 Å². The molecule has 0 radical (unpaired) electrons. The maximum Gasteiger partial charge on any atom is 0.341 e. The first-order valence-electron chi connectivity index (χ1n) is 5.57. The number of aromatic nitrogens is 1. The molecule has 3 N–H and O–H groups in total. The van der Waals surface area contributed by atoms with Gasteiger partial charge in [-0.2, -0.15) is 0 Å². The molecule has 0 amide bonds. The Kier molecular flexibility index (Phi) is 3.79. The zero-order valence-electron chi connectivity index (χ0n) is 10.5. The van der Waals surface area contributed by atoms with Crippen molar-refractivity contribution in [3.63, 3.8) is 0 Å². The van der Waals surface area contributed by atoms with Crippen molar-refractivity contribution in [1.82, 2.24) is 4.98 Å². The summed E-state index contributed by atoms with van der Waals surface area (Å²) in [7, 11) is 1.18. The van der Waals surface area contributed by atoms with E-state index in [1.165, 1.54) is 25.4 Å². The van der Waals surface area contributed by atoms with Crippen molar-refractivity contribution < 1.29 is 18.3 Å². The van der Waals surface area contributed by atoms with Gasteiger partial charge in [0.05, 0.1) is 19.0 Å². The molecule has 1 aromatic heterocycles. The number of benzene rings is 1. The third kappa shape index (κ3) is 2.66. The van der Waals surface area contributed by atoms with Crippen LogP contribution in [0.15, 0.2) is 30.5 Å². The van der Waals surface area contributed by atoms with Crippen molar-refractivity contribution in [2.24, 2.45) is 0 Å². The van der Waals surface area contributed by atoms with Crippen LogP contribution in [0.4, 0.5) is 26.0 Å². The lowest BCUT2D eigenvalue weighted by atomic mass is 10.2. The fourth-order valence-corrected chi connectivity index (χ4v) is 1.58. The summed E-state index contributed by atoms with van der Waals surface area (Å²) in [6.45, 7) is 0. The lowest BCUT2D eigenvalue weighted by Gasteiger charge is -2.11. The van der Waals surface area contributed by atoms with E-state index in [-0.39, 0.29) is 17.1 Å². The lowest BCUT2D eigenvalue weighted by Crippen LogP contribution is -2.09. The molecule has 1 heterocycles. The summed E-state index contributed by atoms with van der Waals surface area (Å²) in [5.41, 5.74) is 5.33. The Morgan fingerprint density at radius 2 is 2.00 bits per heavy atom. The number of rotatable bonds is 3. The van der Waals surface area contributed by atoms with Gasteiger partial charge in [-0.05, 0) is 18.2 Å². The number of nitrogen functional groups attached to an aromatic ring is 1. The number of pyridine rings is 1. The van der Waals surface area contributed by atoms with E-state index in [1.807, 2.05) is 0 Å². The van der Waals surface area contributed by atoms with Gasteiger partial charge in [0.2, 0.25) is 0 Å². The normalized spacial score (nSPS) is 10.2. The lowest BCUT2D eigenvalue weighted by molar-refractivity contribution is 0.0601. The predicted molar refractivity (Wildman–Crippen MR) is 69.6 cm³/mol. The zero-order valence-corrected chi connectivity index (χ0v) is 10.5. The second-order valence-corrected chi connectivity index (χ2v) is 3.88. The van der Waals surface area contributed by atoms with Crippen LogP contribution in [0, 0.1) is 11.6 Å². The average molecular weight is 279 g/mol. The molecule has 0 fully saturated rings. The molecular formula is C13H11F2N3O2. The molecule has 0 aliphatic carbocycles. The largest absolute Gasteiger partial charge is 0.465 e. The fraction of sp³-hybridized carbons (Fsp3) is 0.0769. The average Bonchev–Trinajstić information content (AvgIpc) is 2.43. The number of carbonyl (C=O) groups excluding carboxylic acids is 1. The van der Waals surface area contributed by atoms with Crippen LogP contribution in [0.2, 0.25) is 0 Å². The number of anilines is 3. The number of nitrogens with one attached hydrogen (secondary N) is 1. The third-order valence-corrected chi connectivity index (χ3v) is 2.52. The molecule has 1 aromatic carbocycles. The van der Waals surface area contributed by atoms with Crippen LogP contribution >= 0.6 is 0 Å². The molecule has 20 heavy (non-hydrogen) atoms. The van der Waals surface area contributed by atoms with Gasteiger partial charge in [-0.1, -0.05) is 6.07 Å². The molecule has 0 bridgehead atoms. The molecule has 0 aliphatic rings. The van der Waals surface area contributed by atoms with Crippen LogP contribution in [-0.4, -0.2) is 18.1 Å². The number of hydrogen-bond donors (Lipinski definition) is 2. The predicted octanol–water partition coefficient (Wildman–Crippen LogP) is 2.47. The SMILES string of the molecule is COC(=O)c1cc(N)cnc1Nc1c(F)cccc1F. The number of hydrogen-bond acceptors (Lipinski definition) is 5. The molecule has 0 saturated carbocycles. The van der Waals surface area contributed by atoms with Gasteiger partial charge in [0.15, 0.2) is 0 Å². The first-order chi connectivity index (χ1) is 9.52. The maximum atomic E-state index is 13.6. The monoisotopic (exact) mass is 279 g/mol. The van der Waals surface area contributed by atoms with Crippen LogP contribution in [0.25, 0.3) is 0 Å². The minimum absolute atomic E-state index is 0.0184. The van der Waals surface area contributed by atoms with Gasteiger partial charge in [-0.15, -0.1) is 0 Å². The van der Waals surface area contributed by atoms with Crippen molar-refractivity contribution in [3.8, 4) is 0 Å². The van der Waals surface area contributed by atoms with Gasteiger partial charge in [-0.25, -0.2) is 18.6 Å².